The number of esters is 1. The Morgan fingerprint density at radius 3 is 1.63 bits per heavy atom. The van der Waals surface area contributed by atoms with E-state index in [1.165, 1.54) is 122 Å². The van der Waals surface area contributed by atoms with Crippen LogP contribution in [0.4, 0.5) is 0 Å². The van der Waals surface area contributed by atoms with Gasteiger partial charge in [-0.2, -0.15) is 0 Å². The van der Waals surface area contributed by atoms with Crippen molar-refractivity contribution < 1.29 is 37.3 Å². The second-order valence-electron chi connectivity index (χ2n) is 13.0. The van der Waals surface area contributed by atoms with Crippen molar-refractivity contribution in [2.24, 2.45) is 0 Å². The van der Waals surface area contributed by atoms with Crippen molar-refractivity contribution in [1.29, 1.82) is 0 Å². The molecule has 0 saturated heterocycles. The van der Waals surface area contributed by atoms with Gasteiger partial charge in [-0.25, -0.2) is 4.57 Å². The average Bonchev–Trinajstić information content (AvgIpc) is 2.93. The lowest BCUT2D eigenvalue weighted by molar-refractivity contribution is -0.870. The van der Waals surface area contributed by atoms with E-state index in [1.54, 1.807) is 0 Å². The first-order chi connectivity index (χ1) is 20.6. The second-order valence-corrected chi connectivity index (χ2v) is 14.4. The van der Waals surface area contributed by atoms with Crippen LogP contribution in [0.25, 0.3) is 0 Å². The quantitative estimate of drug-likeness (QED) is 0.0259. The number of quaternary nitrogens is 1. The number of carbonyl (C=O) groups is 1. The van der Waals surface area contributed by atoms with Gasteiger partial charge in [0, 0.05) is 13.5 Å². The Morgan fingerprint density at radius 2 is 1.16 bits per heavy atom. The lowest BCUT2D eigenvalue weighted by atomic mass is 10.1. The molecule has 0 heterocycles. The van der Waals surface area contributed by atoms with Gasteiger partial charge < -0.3 is 18.9 Å². The number of rotatable bonds is 32. The summed E-state index contributed by atoms with van der Waals surface area (Å²) in [5.41, 5.74) is 0. The molecule has 0 fully saturated rings. The fourth-order valence-electron chi connectivity index (χ4n) is 4.72. The molecule has 2 unspecified atom stereocenters. The largest absolute Gasteiger partial charge is 0.472 e. The number of hydrogen-bond acceptors (Lipinski definition) is 6. The van der Waals surface area contributed by atoms with Crippen LogP contribution in [0.5, 0.6) is 0 Å². The van der Waals surface area contributed by atoms with Gasteiger partial charge in [-0.3, -0.25) is 13.8 Å². The summed E-state index contributed by atoms with van der Waals surface area (Å²) in [4.78, 5) is 21.3. The van der Waals surface area contributed by atoms with Gasteiger partial charge in [-0.05, 0) is 32.1 Å². The Bertz CT molecular complexity index is 711. The zero-order chi connectivity index (χ0) is 32.1. The highest BCUT2D eigenvalue weighted by Gasteiger charge is 2.25. The van der Waals surface area contributed by atoms with Crippen molar-refractivity contribution >= 4 is 13.8 Å². The molecule has 0 bridgehead atoms. The predicted octanol–water partition coefficient (Wildman–Crippen LogP) is 9.15. The highest BCUT2D eigenvalue weighted by molar-refractivity contribution is 7.47. The highest BCUT2D eigenvalue weighted by atomic mass is 31.2. The number of phosphoric ester groups is 1. The van der Waals surface area contributed by atoms with Gasteiger partial charge in [-0.1, -0.05) is 115 Å². The summed E-state index contributed by atoms with van der Waals surface area (Å²) in [6, 6.07) is 0. The van der Waals surface area contributed by atoms with Crippen LogP contribution in [-0.2, 0) is 27.9 Å². The third kappa shape index (κ3) is 34.0. The van der Waals surface area contributed by atoms with E-state index in [2.05, 4.69) is 19.1 Å². The smallest absolute Gasteiger partial charge is 0.458 e. The SMILES string of the molecule is CCCCCCCCCC/C=C\CCCCCCCCCCCCOCC(COP(=O)(O)OCC[N+](C)(C)C)OC(C)=O. The summed E-state index contributed by atoms with van der Waals surface area (Å²) in [5, 5.41) is 0. The molecule has 0 aromatic heterocycles. The van der Waals surface area contributed by atoms with Crippen molar-refractivity contribution in [3.63, 3.8) is 0 Å². The number of carbonyl (C=O) groups excluding carboxylic acids is 1. The van der Waals surface area contributed by atoms with E-state index in [0.717, 1.165) is 12.8 Å². The van der Waals surface area contributed by atoms with Gasteiger partial charge in [0.05, 0.1) is 34.4 Å². The van der Waals surface area contributed by atoms with Crippen molar-refractivity contribution in [3.8, 4) is 0 Å². The molecule has 2 atom stereocenters. The van der Waals surface area contributed by atoms with Gasteiger partial charge in [-0.15, -0.1) is 0 Å². The van der Waals surface area contributed by atoms with Gasteiger partial charge in [0.2, 0.25) is 0 Å². The van der Waals surface area contributed by atoms with Crippen LogP contribution >= 0.6 is 7.82 Å². The molecule has 0 aliphatic rings. The molecule has 0 aliphatic carbocycles. The summed E-state index contributed by atoms with van der Waals surface area (Å²) in [6.07, 6.45) is 30.2. The molecule has 8 nitrogen and oxygen atoms in total. The molecule has 0 saturated carbocycles. The predicted molar refractivity (Wildman–Crippen MR) is 178 cm³/mol. The third-order valence-electron chi connectivity index (χ3n) is 7.38. The van der Waals surface area contributed by atoms with E-state index < -0.39 is 19.9 Å². The minimum Gasteiger partial charge on any atom is -0.458 e. The maximum Gasteiger partial charge on any atom is 0.472 e. The summed E-state index contributed by atoms with van der Waals surface area (Å²) in [5.74, 6) is -0.489. The van der Waals surface area contributed by atoms with Crippen molar-refractivity contribution in [2.45, 2.75) is 148 Å². The first-order valence-electron chi connectivity index (χ1n) is 17.4. The molecular weight excluding hydrogens is 565 g/mol. The molecule has 0 rings (SSSR count). The van der Waals surface area contributed by atoms with E-state index in [9.17, 15) is 14.3 Å². The summed E-state index contributed by atoms with van der Waals surface area (Å²) in [6.45, 7) is 4.63. The van der Waals surface area contributed by atoms with Gasteiger partial charge in [0.1, 0.15) is 19.3 Å². The van der Waals surface area contributed by atoms with Gasteiger partial charge in [0.25, 0.3) is 0 Å². The molecule has 0 aromatic carbocycles. The standard InChI is InChI=1S/C34H68NO7P/c1-6-7-8-9-10-11-12-13-14-15-16-17-18-19-20-21-22-23-24-25-26-27-29-39-31-34(42-33(2)36)32-41-43(37,38)40-30-28-35(3,4)5/h15-16,34H,6-14,17-32H2,1-5H3/p+1/b16-15-. The third-order valence-corrected chi connectivity index (χ3v) is 8.36. The van der Waals surface area contributed by atoms with Crippen LogP contribution in [0.3, 0.4) is 0 Å². The topological polar surface area (TPSA) is 91.3 Å². The Labute approximate surface area is 265 Å². The number of phosphoric acid groups is 1. The average molecular weight is 635 g/mol. The number of hydrogen-bond donors (Lipinski definition) is 1. The normalized spacial score (nSPS) is 14.3. The van der Waals surface area contributed by atoms with Crippen LogP contribution in [0.15, 0.2) is 12.2 Å². The molecule has 1 N–H and O–H groups in total. The molecule has 256 valence electrons. The lowest BCUT2D eigenvalue weighted by Crippen LogP contribution is -2.37. The van der Waals surface area contributed by atoms with Gasteiger partial charge in [0.15, 0.2) is 0 Å². The number of likely N-dealkylation sites (N-methyl/N-ethyl adjacent to an activating group) is 1. The maximum atomic E-state index is 12.1. The zero-order valence-corrected chi connectivity index (χ0v) is 29.6. The van der Waals surface area contributed by atoms with Crippen LogP contribution in [-0.4, -0.2) is 75.6 Å². The fourth-order valence-corrected chi connectivity index (χ4v) is 5.46. The molecule has 0 spiro atoms. The van der Waals surface area contributed by atoms with Crippen molar-refractivity contribution in [3.05, 3.63) is 12.2 Å². The monoisotopic (exact) mass is 634 g/mol. The van der Waals surface area contributed by atoms with Crippen LogP contribution < -0.4 is 0 Å². The van der Waals surface area contributed by atoms with Crippen LogP contribution in [0.2, 0.25) is 0 Å². The minimum atomic E-state index is -4.22. The molecule has 9 heteroatoms. The van der Waals surface area contributed by atoms with E-state index in [4.69, 9.17) is 18.5 Å². The summed E-state index contributed by atoms with van der Waals surface area (Å²) in [7, 11) is 1.66. The Balaban J connectivity index is 3.61. The number of nitrogens with zero attached hydrogens (tertiary/aromatic N) is 1. The number of allylic oxidation sites excluding steroid dienone is 2. The summed E-state index contributed by atoms with van der Waals surface area (Å²) < 4.78 is 33.6. The Morgan fingerprint density at radius 1 is 0.698 bits per heavy atom. The fraction of sp³-hybridized carbons (Fsp3) is 0.912. The number of ether oxygens (including phenoxy) is 2. The van der Waals surface area contributed by atoms with Gasteiger partial charge >= 0.3 is 13.8 Å². The molecule has 43 heavy (non-hydrogen) atoms. The molecule has 0 aliphatic heterocycles. The van der Waals surface area contributed by atoms with E-state index in [-0.39, 0.29) is 19.8 Å². The molecule has 0 amide bonds. The zero-order valence-electron chi connectivity index (χ0n) is 28.7. The highest BCUT2D eigenvalue weighted by Crippen LogP contribution is 2.43. The minimum absolute atomic E-state index is 0.0866. The molecular formula is C34H69NO7P+. The van der Waals surface area contributed by atoms with Crippen molar-refractivity contribution in [1.82, 2.24) is 0 Å². The maximum absolute atomic E-state index is 12.1. The Kier molecular flexibility index (Phi) is 28.2. The van der Waals surface area contributed by atoms with E-state index in [0.29, 0.717) is 17.6 Å². The molecule has 0 aromatic rings. The first-order valence-corrected chi connectivity index (χ1v) is 18.9. The number of unbranched alkanes of at least 4 members (excludes halogenated alkanes) is 18. The summed E-state index contributed by atoms with van der Waals surface area (Å²) >= 11 is 0. The lowest BCUT2D eigenvalue weighted by Gasteiger charge is -2.24. The van der Waals surface area contributed by atoms with E-state index in [1.807, 2.05) is 21.1 Å². The second kappa shape index (κ2) is 28.7. The van der Waals surface area contributed by atoms with Crippen molar-refractivity contribution in [2.75, 3.05) is 54.1 Å². The Hall–Kier alpha value is -0.760. The molecule has 0 radical (unpaired) electrons. The first kappa shape index (κ1) is 42.2. The van der Waals surface area contributed by atoms with Crippen LogP contribution in [0.1, 0.15) is 142 Å². The van der Waals surface area contributed by atoms with E-state index >= 15 is 0 Å². The van der Waals surface area contributed by atoms with Crippen LogP contribution in [0, 0.1) is 0 Å².